The van der Waals surface area contributed by atoms with Crippen LogP contribution in [0.25, 0.3) is 0 Å². The van der Waals surface area contributed by atoms with E-state index in [1.54, 1.807) is 5.56 Å². The lowest BCUT2D eigenvalue weighted by Crippen LogP contribution is -2.39. The third-order valence-corrected chi connectivity index (χ3v) is 6.49. The average molecular weight is 317 g/mol. The highest BCUT2D eigenvalue weighted by Gasteiger charge is 2.50. The van der Waals surface area contributed by atoms with Crippen molar-refractivity contribution >= 4 is 0 Å². The lowest BCUT2D eigenvalue weighted by molar-refractivity contribution is 0.0598. The Balaban J connectivity index is 0.000000448. The molecular weight excluding hydrogens is 280 g/mol. The molecule has 1 heteroatoms. The molecule has 4 unspecified atom stereocenters. The molecule has 0 aliphatic heterocycles. The molecule has 1 aromatic rings. The Morgan fingerprint density at radius 3 is 2.48 bits per heavy atom. The van der Waals surface area contributed by atoms with E-state index in [4.69, 9.17) is 0 Å². The molecule has 23 heavy (non-hydrogen) atoms. The van der Waals surface area contributed by atoms with E-state index in [-0.39, 0.29) is 0 Å². The summed E-state index contributed by atoms with van der Waals surface area (Å²) in [6.45, 7) is 10.5. The van der Waals surface area contributed by atoms with E-state index in [9.17, 15) is 5.11 Å². The van der Waals surface area contributed by atoms with Crippen molar-refractivity contribution in [2.75, 3.05) is 0 Å². The van der Waals surface area contributed by atoms with Gasteiger partial charge < -0.3 is 5.11 Å². The Kier molecular flexibility index (Phi) is 6.17. The molecule has 2 saturated carbocycles. The van der Waals surface area contributed by atoms with Gasteiger partial charge in [-0.2, -0.15) is 0 Å². The molecule has 0 radical (unpaired) electrons. The predicted octanol–water partition coefficient (Wildman–Crippen LogP) is 6.69. The third kappa shape index (κ3) is 3.30. The Morgan fingerprint density at radius 1 is 1.00 bits per heavy atom. The van der Waals surface area contributed by atoms with Crippen molar-refractivity contribution in [3.63, 3.8) is 0 Å². The van der Waals surface area contributed by atoms with Crippen molar-refractivity contribution in [2.45, 2.75) is 85.5 Å². The number of phenols is 1. The summed E-state index contributed by atoms with van der Waals surface area (Å²) in [5.74, 6) is 3.10. The van der Waals surface area contributed by atoms with Gasteiger partial charge in [-0.1, -0.05) is 47.1 Å². The summed E-state index contributed by atoms with van der Waals surface area (Å²) in [6, 6.07) is 6.11. The van der Waals surface area contributed by atoms with E-state index in [2.05, 4.69) is 13.0 Å². The van der Waals surface area contributed by atoms with E-state index in [1.807, 2.05) is 39.8 Å². The number of hydrogen-bond acceptors (Lipinski definition) is 1. The molecule has 3 aliphatic rings. The van der Waals surface area contributed by atoms with Crippen LogP contribution in [0, 0.1) is 17.3 Å². The molecule has 4 atom stereocenters. The molecule has 2 fully saturated rings. The highest BCUT2D eigenvalue weighted by atomic mass is 16.3. The molecule has 1 aromatic carbocycles. The van der Waals surface area contributed by atoms with Gasteiger partial charge in [0.2, 0.25) is 0 Å². The fourth-order valence-electron chi connectivity index (χ4n) is 5.56. The summed E-state index contributed by atoms with van der Waals surface area (Å²) in [6.07, 6.45) is 9.69. The molecule has 0 saturated heterocycles. The molecule has 0 spiro atoms. The van der Waals surface area contributed by atoms with E-state index in [0.717, 1.165) is 17.8 Å². The quantitative estimate of drug-likeness (QED) is 0.565. The fraction of sp³-hybridized carbons (Fsp3) is 0.727. The molecule has 0 heterocycles. The zero-order valence-electron chi connectivity index (χ0n) is 15.9. The Morgan fingerprint density at radius 2 is 1.74 bits per heavy atom. The first-order valence-electron chi connectivity index (χ1n) is 9.99. The number of phenolic OH excluding ortho intramolecular Hbond substituents is 1. The maximum atomic E-state index is 9.68. The topological polar surface area (TPSA) is 20.2 Å². The molecular formula is C22H36O. The van der Waals surface area contributed by atoms with Crippen molar-refractivity contribution in [1.82, 2.24) is 0 Å². The molecule has 0 amide bonds. The maximum absolute atomic E-state index is 9.68. The first kappa shape index (κ1) is 18.4. The van der Waals surface area contributed by atoms with Crippen LogP contribution in [-0.2, 0) is 6.42 Å². The SMILES string of the molecule is CC.CC.CC12CCCC1C1CCc3cc(O)ccc3C1CC2. The van der Waals surface area contributed by atoms with Gasteiger partial charge >= 0.3 is 0 Å². The number of aromatic hydroxyl groups is 1. The summed E-state index contributed by atoms with van der Waals surface area (Å²) < 4.78 is 0. The van der Waals surface area contributed by atoms with Gasteiger partial charge in [0.15, 0.2) is 0 Å². The smallest absolute Gasteiger partial charge is 0.115 e. The lowest BCUT2D eigenvalue weighted by atomic mass is 9.56. The second-order valence-electron chi connectivity index (χ2n) is 7.38. The monoisotopic (exact) mass is 316 g/mol. The van der Waals surface area contributed by atoms with E-state index in [0.29, 0.717) is 11.2 Å². The van der Waals surface area contributed by atoms with Gasteiger partial charge in [0.25, 0.3) is 0 Å². The van der Waals surface area contributed by atoms with Crippen molar-refractivity contribution < 1.29 is 5.11 Å². The van der Waals surface area contributed by atoms with Gasteiger partial charge in [0.05, 0.1) is 0 Å². The molecule has 4 rings (SSSR count). The minimum absolute atomic E-state index is 0.443. The summed E-state index contributed by atoms with van der Waals surface area (Å²) in [7, 11) is 0. The van der Waals surface area contributed by atoms with Crippen LogP contribution < -0.4 is 0 Å². The molecule has 0 bridgehead atoms. The number of rotatable bonds is 0. The van der Waals surface area contributed by atoms with E-state index in [1.165, 1.54) is 50.5 Å². The summed E-state index contributed by atoms with van der Waals surface area (Å²) in [4.78, 5) is 0. The second-order valence-corrected chi connectivity index (χ2v) is 7.38. The van der Waals surface area contributed by atoms with Crippen molar-refractivity contribution in [3.8, 4) is 5.75 Å². The summed E-state index contributed by atoms with van der Waals surface area (Å²) >= 11 is 0. The zero-order chi connectivity index (χ0) is 17.0. The van der Waals surface area contributed by atoms with Crippen LogP contribution in [0.1, 0.15) is 90.2 Å². The second kappa shape index (κ2) is 7.73. The van der Waals surface area contributed by atoms with Crippen molar-refractivity contribution in [2.24, 2.45) is 17.3 Å². The molecule has 130 valence electrons. The van der Waals surface area contributed by atoms with Crippen LogP contribution >= 0.6 is 0 Å². The van der Waals surface area contributed by atoms with Crippen LogP contribution in [-0.4, -0.2) is 5.11 Å². The van der Waals surface area contributed by atoms with Gasteiger partial charge in [-0.3, -0.25) is 0 Å². The van der Waals surface area contributed by atoms with Crippen LogP contribution in [0.4, 0.5) is 0 Å². The maximum Gasteiger partial charge on any atom is 0.115 e. The Labute approximate surface area is 143 Å². The number of fused-ring (bicyclic) bond motifs is 5. The fourth-order valence-corrected chi connectivity index (χ4v) is 5.56. The van der Waals surface area contributed by atoms with Gasteiger partial charge in [0.1, 0.15) is 5.75 Å². The van der Waals surface area contributed by atoms with Crippen LogP contribution in [0.2, 0.25) is 0 Å². The van der Waals surface area contributed by atoms with Crippen molar-refractivity contribution in [3.05, 3.63) is 29.3 Å². The largest absolute Gasteiger partial charge is 0.508 e. The first-order valence-corrected chi connectivity index (χ1v) is 9.99. The standard InChI is InChI=1S/C18H24O.2C2H6/c1-18-9-2-3-17(18)16-6-4-12-11-13(19)5-7-14(12)15(16)8-10-18;2*1-2/h5,7,11,15-17,19H,2-4,6,8-10H2,1H3;2*1-2H3. The highest BCUT2D eigenvalue weighted by Crippen LogP contribution is 2.60. The van der Waals surface area contributed by atoms with Gasteiger partial charge in [-0.15, -0.1) is 0 Å². The summed E-state index contributed by atoms with van der Waals surface area (Å²) in [5.41, 5.74) is 3.63. The predicted molar refractivity (Wildman–Crippen MR) is 100 cm³/mol. The summed E-state index contributed by atoms with van der Waals surface area (Å²) in [5, 5.41) is 9.68. The van der Waals surface area contributed by atoms with Gasteiger partial charge in [0, 0.05) is 0 Å². The first-order chi connectivity index (χ1) is 11.2. The lowest BCUT2D eigenvalue weighted by Gasteiger charge is -2.49. The van der Waals surface area contributed by atoms with E-state index >= 15 is 0 Å². The average Bonchev–Trinajstić information content (AvgIpc) is 3.00. The minimum atomic E-state index is 0.443. The van der Waals surface area contributed by atoms with Gasteiger partial charge in [-0.05, 0) is 85.0 Å². The zero-order valence-corrected chi connectivity index (χ0v) is 15.9. The highest BCUT2D eigenvalue weighted by molar-refractivity contribution is 5.40. The molecule has 3 aliphatic carbocycles. The van der Waals surface area contributed by atoms with Crippen LogP contribution in [0.3, 0.4) is 0 Å². The number of benzene rings is 1. The Hall–Kier alpha value is -0.980. The number of aryl methyl sites for hydroxylation is 1. The number of hydrogen-bond donors (Lipinski definition) is 1. The third-order valence-electron chi connectivity index (χ3n) is 6.49. The Bertz CT molecular complexity index is 507. The van der Waals surface area contributed by atoms with Crippen LogP contribution in [0.15, 0.2) is 18.2 Å². The van der Waals surface area contributed by atoms with Gasteiger partial charge in [-0.25, -0.2) is 0 Å². The molecule has 0 aromatic heterocycles. The minimum Gasteiger partial charge on any atom is -0.508 e. The van der Waals surface area contributed by atoms with Crippen molar-refractivity contribution in [1.29, 1.82) is 0 Å². The van der Waals surface area contributed by atoms with Crippen LogP contribution in [0.5, 0.6) is 5.75 Å². The van der Waals surface area contributed by atoms with E-state index < -0.39 is 0 Å². The molecule has 1 N–H and O–H groups in total. The normalized spacial score (nSPS) is 33.9. The molecule has 1 nitrogen and oxygen atoms in total.